The summed E-state index contributed by atoms with van der Waals surface area (Å²) in [4.78, 5) is 9.80. The lowest BCUT2D eigenvalue weighted by atomic mass is 9.88. The van der Waals surface area contributed by atoms with Gasteiger partial charge in [-0.25, -0.2) is 4.98 Å². The number of anilines is 3. The number of rotatable bonds is 16. The van der Waals surface area contributed by atoms with Gasteiger partial charge in [-0.05, 0) is 173 Å². The Kier molecular flexibility index (Phi) is 12.6. The minimum absolute atomic E-state index is 0.0311. The predicted molar refractivity (Wildman–Crippen MR) is 301 cm³/mol. The second kappa shape index (κ2) is 20.3. The molecular formula is C66H70N4O. The summed E-state index contributed by atoms with van der Waals surface area (Å²) in [6.07, 6.45) is 6.41. The number of para-hydroxylation sites is 2. The number of nitrogens with zero attached hydrogens (tertiary/aromatic N) is 4. The third-order valence-corrected chi connectivity index (χ3v) is 14.1. The zero-order valence-electron chi connectivity index (χ0n) is 45.7. The SMILES string of the molecule is [2H]C([2H])([2H])c1cccc(-c2cc(CC(C)C)cc(CC(C)C)c2)c1CCCCN1CN(c2cccc(COc3ccc4c5cc(-c6ccccc6)ccc5n(-c5cc(C(C)(C)C)ccn5)c4c3)c2)c2ccccc21. The molecule has 0 amide bonds. The van der Waals surface area contributed by atoms with Crippen molar-refractivity contribution in [1.29, 1.82) is 0 Å². The van der Waals surface area contributed by atoms with Crippen LogP contribution in [0.15, 0.2) is 170 Å². The van der Waals surface area contributed by atoms with Gasteiger partial charge < -0.3 is 14.5 Å². The quantitative estimate of drug-likeness (QED) is 0.0904. The van der Waals surface area contributed by atoms with Crippen molar-refractivity contribution in [3.8, 4) is 33.8 Å². The first-order chi connectivity index (χ1) is 35.6. The van der Waals surface area contributed by atoms with Gasteiger partial charge >= 0.3 is 0 Å². The van der Waals surface area contributed by atoms with Gasteiger partial charge in [0, 0.05) is 39.4 Å². The van der Waals surface area contributed by atoms with Crippen LogP contribution >= 0.6 is 0 Å². The summed E-state index contributed by atoms with van der Waals surface area (Å²) >= 11 is 0. The Balaban J connectivity index is 0.869. The van der Waals surface area contributed by atoms with E-state index in [0.29, 0.717) is 30.4 Å². The smallest absolute Gasteiger partial charge is 0.137 e. The van der Waals surface area contributed by atoms with E-state index >= 15 is 0 Å². The highest BCUT2D eigenvalue weighted by molar-refractivity contribution is 6.10. The van der Waals surface area contributed by atoms with Crippen molar-refractivity contribution in [3.63, 3.8) is 0 Å². The van der Waals surface area contributed by atoms with Crippen LogP contribution in [0.1, 0.15) is 98.8 Å². The van der Waals surface area contributed by atoms with Crippen molar-refractivity contribution in [2.75, 3.05) is 23.0 Å². The van der Waals surface area contributed by atoms with E-state index in [1.807, 2.05) is 18.3 Å². The molecule has 5 nitrogen and oxygen atoms in total. The molecule has 0 radical (unpaired) electrons. The molecule has 0 N–H and O–H groups in total. The summed E-state index contributed by atoms with van der Waals surface area (Å²) in [7, 11) is 0. The van der Waals surface area contributed by atoms with E-state index in [2.05, 4.69) is 214 Å². The summed E-state index contributed by atoms with van der Waals surface area (Å²) in [6.45, 7) is 15.6. The fraction of sp³-hybridized carbons (Fsp3) is 0.288. The summed E-state index contributed by atoms with van der Waals surface area (Å²) in [5.41, 5.74) is 16.5. The average Bonchev–Trinajstić information content (AvgIpc) is 3.91. The van der Waals surface area contributed by atoms with Crippen molar-refractivity contribution in [1.82, 2.24) is 9.55 Å². The molecule has 2 aromatic heterocycles. The van der Waals surface area contributed by atoms with Crippen molar-refractivity contribution in [2.45, 2.75) is 99.4 Å². The lowest BCUT2D eigenvalue weighted by Gasteiger charge is -2.23. The number of unbranched alkanes of at least 4 members (excludes halogenated alkanes) is 1. The van der Waals surface area contributed by atoms with Crippen LogP contribution in [0.25, 0.3) is 49.9 Å². The van der Waals surface area contributed by atoms with Crippen molar-refractivity contribution in [2.24, 2.45) is 11.8 Å². The molecule has 0 saturated heterocycles. The van der Waals surface area contributed by atoms with Gasteiger partial charge in [-0.1, -0.05) is 146 Å². The fourth-order valence-electron chi connectivity index (χ4n) is 10.7. The molecule has 0 saturated carbocycles. The van der Waals surface area contributed by atoms with E-state index in [-0.39, 0.29) is 5.41 Å². The van der Waals surface area contributed by atoms with Gasteiger partial charge in [-0.3, -0.25) is 4.57 Å². The molecule has 5 heteroatoms. The van der Waals surface area contributed by atoms with Gasteiger partial charge in [-0.2, -0.15) is 0 Å². The van der Waals surface area contributed by atoms with Crippen LogP contribution in [0.5, 0.6) is 5.75 Å². The molecule has 360 valence electrons. The molecule has 7 aromatic carbocycles. The van der Waals surface area contributed by atoms with Gasteiger partial charge in [0.2, 0.25) is 0 Å². The number of fused-ring (bicyclic) bond motifs is 4. The number of hydrogen-bond donors (Lipinski definition) is 0. The van der Waals surface area contributed by atoms with Gasteiger partial charge in [0.15, 0.2) is 0 Å². The van der Waals surface area contributed by atoms with Gasteiger partial charge in [0.1, 0.15) is 18.2 Å². The van der Waals surface area contributed by atoms with E-state index < -0.39 is 6.85 Å². The third-order valence-electron chi connectivity index (χ3n) is 14.1. The van der Waals surface area contributed by atoms with E-state index in [0.717, 1.165) is 94.8 Å². The minimum Gasteiger partial charge on any atom is -0.489 e. The molecule has 3 heterocycles. The van der Waals surface area contributed by atoms with Crippen molar-refractivity contribution in [3.05, 3.63) is 203 Å². The Morgan fingerprint density at radius 3 is 2.14 bits per heavy atom. The molecule has 0 aliphatic carbocycles. The lowest BCUT2D eigenvalue weighted by molar-refractivity contribution is 0.306. The molecule has 1 aliphatic rings. The van der Waals surface area contributed by atoms with Crippen LogP contribution in [0.3, 0.4) is 0 Å². The lowest BCUT2D eigenvalue weighted by Crippen LogP contribution is -2.28. The zero-order chi connectivity index (χ0) is 51.7. The largest absolute Gasteiger partial charge is 0.489 e. The molecule has 0 fully saturated rings. The molecule has 0 atom stereocenters. The van der Waals surface area contributed by atoms with Crippen LogP contribution in [0, 0.1) is 18.7 Å². The van der Waals surface area contributed by atoms with Crippen LogP contribution in [-0.4, -0.2) is 22.8 Å². The van der Waals surface area contributed by atoms with Crippen LogP contribution in [-0.2, 0) is 31.3 Å². The first-order valence-electron chi connectivity index (χ1n) is 27.3. The maximum Gasteiger partial charge on any atom is 0.137 e. The second-order valence-corrected chi connectivity index (χ2v) is 21.6. The maximum atomic E-state index is 8.57. The highest BCUT2D eigenvalue weighted by Gasteiger charge is 2.27. The number of ether oxygens (including phenoxy) is 1. The highest BCUT2D eigenvalue weighted by atomic mass is 16.5. The third kappa shape index (κ3) is 10.4. The molecule has 1 aliphatic heterocycles. The van der Waals surface area contributed by atoms with E-state index in [1.54, 1.807) is 0 Å². The number of aromatic nitrogens is 2. The van der Waals surface area contributed by atoms with Crippen molar-refractivity contribution >= 4 is 38.9 Å². The second-order valence-electron chi connectivity index (χ2n) is 21.6. The van der Waals surface area contributed by atoms with Gasteiger partial charge in [-0.15, -0.1) is 0 Å². The molecule has 0 unspecified atom stereocenters. The molecule has 9 aromatic rings. The fourth-order valence-corrected chi connectivity index (χ4v) is 10.7. The minimum atomic E-state index is -2.20. The number of pyridine rings is 1. The van der Waals surface area contributed by atoms with Crippen LogP contribution in [0.4, 0.5) is 17.1 Å². The molecule has 71 heavy (non-hydrogen) atoms. The standard InChI is InChI=1S/C66H70N4O/c1-45(2)34-49-36-50(35-46(3)4)38-53(37-49)58-24-16-18-47(5)57(58)23-14-15-33-68-44-69(63-26-13-12-25-62(63)68)55-22-17-19-48(39-55)43-71-56-28-29-59-60-40-52(51-20-10-9-11-21-51)27-30-61(60)70(64(59)42-56)65-41-54(31-32-67-65)66(6,7)8/h9-13,16-22,24-32,36-42,45-46H,14-15,23,33-35,43-44H2,1-8H3/i5D3. The van der Waals surface area contributed by atoms with E-state index in [4.69, 9.17) is 13.8 Å². The van der Waals surface area contributed by atoms with E-state index in [1.165, 1.54) is 44.6 Å². The molecular weight excluding hydrogens is 865 g/mol. The predicted octanol–water partition coefficient (Wildman–Crippen LogP) is 17.0. The van der Waals surface area contributed by atoms with Gasteiger partial charge in [0.05, 0.1) is 29.1 Å². The Labute approximate surface area is 427 Å². The van der Waals surface area contributed by atoms with Crippen LogP contribution < -0.4 is 14.5 Å². The summed E-state index contributed by atoms with van der Waals surface area (Å²) < 4.78 is 34.7. The van der Waals surface area contributed by atoms with E-state index in [9.17, 15) is 0 Å². The first-order valence-corrected chi connectivity index (χ1v) is 25.8. The molecule has 10 rings (SSSR count). The molecule has 0 bridgehead atoms. The topological polar surface area (TPSA) is 33.5 Å². The number of hydrogen-bond acceptors (Lipinski definition) is 4. The Morgan fingerprint density at radius 1 is 0.620 bits per heavy atom. The maximum absolute atomic E-state index is 8.57. The number of aryl methyl sites for hydroxylation is 1. The Morgan fingerprint density at radius 2 is 1.38 bits per heavy atom. The monoisotopic (exact) mass is 938 g/mol. The zero-order valence-corrected chi connectivity index (χ0v) is 42.7. The Hall–Kier alpha value is -7.11. The normalized spacial score (nSPS) is 13.6. The van der Waals surface area contributed by atoms with Gasteiger partial charge in [0.25, 0.3) is 0 Å². The Bertz CT molecular complexity index is 3410. The summed E-state index contributed by atoms with van der Waals surface area (Å²) in [5, 5.41) is 2.32. The van der Waals surface area contributed by atoms with Crippen LogP contribution in [0.2, 0.25) is 0 Å². The summed E-state index contributed by atoms with van der Waals surface area (Å²) in [6, 6.07) is 58.3. The molecule has 0 spiro atoms. The average molecular weight is 938 g/mol. The first kappa shape index (κ1) is 43.9. The number of benzene rings is 7. The van der Waals surface area contributed by atoms with Crippen molar-refractivity contribution < 1.29 is 8.85 Å². The highest BCUT2D eigenvalue weighted by Crippen LogP contribution is 2.42. The summed E-state index contributed by atoms with van der Waals surface area (Å²) in [5.74, 6) is 2.74.